The highest BCUT2D eigenvalue weighted by atomic mass is 35.5. The van der Waals surface area contributed by atoms with Gasteiger partial charge in [0.05, 0.1) is 37.3 Å². The molecule has 2 aromatic heterocycles. The molecule has 0 radical (unpaired) electrons. The number of rotatable bonds is 6. The maximum Gasteiger partial charge on any atom is 0.240 e. The van der Waals surface area contributed by atoms with Crippen LogP contribution in [0.15, 0.2) is 36.7 Å². The lowest BCUT2D eigenvalue weighted by Crippen LogP contribution is -2.06. The Balaban J connectivity index is 1.98. The molecule has 7 heteroatoms. The minimum atomic E-state index is -0.0867. The maximum atomic E-state index is 9.22. The largest absolute Gasteiger partial charge is 0.476 e. The summed E-state index contributed by atoms with van der Waals surface area (Å²) >= 11 is 6.11. The van der Waals surface area contributed by atoms with Crippen LogP contribution < -0.4 is 4.74 Å². The fourth-order valence-electron chi connectivity index (χ4n) is 2.54. The molecule has 0 saturated carbocycles. The number of aryl methyl sites for hydroxylation is 1. The number of benzene rings is 1. The number of aliphatic hydroxyl groups is 1. The molecule has 0 fully saturated rings. The first-order valence-corrected chi connectivity index (χ1v) is 8.36. The second kappa shape index (κ2) is 7.63. The van der Waals surface area contributed by atoms with Crippen molar-refractivity contribution < 1.29 is 9.84 Å². The van der Waals surface area contributed by atoms with Crippen molar-refractivity contribution >= 4 is 11.6 Å². The van der Waals surface area contributed by atoms with Crippen molar-refractivity contribution in [2.75, 3.05) is 6.61 Å². The van der Waals surface area contributed by atoms with Crippen LogP contribution in [0.25, 0.3) is 11.3 Å². The smallest absolute Gasteiger partial charge is 0.240 e. The van der Waals surface area contributed by atoms with Crippen molar-refractivity contribution in [2.45, 2.75) is 27.0 Å². The molecule has 1 N–H and O–H groups in total. The number of nitrogens with zero attached hydrogens (tertiary/aromatic N) is 4. The average Bonchev–Trinajstić information content (AvgIpc) is 2.96. The molecule has 0 unspecified atom stereocenters. The molecule has 0 saturated heterocycles. The van der Waals surface area contributed by atoms with Gasteiger partial charge in [0, 0.05) is 16.8 Å². The van der Waals surface area contributed by atoms with Gasteiger partial charge in [0.2, 0.25) is 5.88 Å². The third kappa shape index (κ3) is 3.97. The number of hydrogen-bond donors (Lipinski definition) is 1. The molecule has 0 aliphatic carbocycles. The summed E-state index contributed by atoms with van der Waals surface area (Å²) < 4.78 is 7.54. The first kappa shape index (κ1) is 17.4. The van der Waals surface area contributed by atoms with E-state index in [0.29, 0.717) is 35.4 Å². The molecule has 1 aromatic carbocycles. The van der Waals surface area contributed by atoms with E-state index < -0.39 is 0 Å². The van der Waals surface area contributed by atoms with Crippen molar-refractivity contribution in [3.63, 3.8) is 0 Å². The molecule has 0 aliphatic heterocycles. The highest BCUT2D eigenvalue weighted by molar-refractivity contribution is 6.30. The standard InChI is InChI=1S/C18H19ClN4O2/c1-3-25-18-17(13-5-4-6-14(19)7-13)22-15(8-20-18)9-23-10-16(11-24)21-12(23)2/h4-8,10,24H,3,9,11H2,1-2H3. The van der Waals surface area contributed by atoms with Gasteiger partial charge in [0.25, 0.3) is 0 Å². The zero-order valence-electron chi connectivity index (χ0n) is 14.1. The zero-order chi connectivity index (χ0) is 17.8. The minimum absolute atomic E-state index is 0.0867. The maximum absolute atomic E-state index is 9.22. The molecule has 0 amide bonds. The van der Waals surface area contributed by atoms with Gasteiger partial charge < -0.3 is 14.4 Å². The van der Waals surface area contributed by atoms with Crippen LogP contribution in [-0.4, -0.2) is 31.2 Å². The van der Waals surface area contributed by atoms with Gasteiger partial charge in [-0.3, -0.25) is 0 Å². The topological polar surface area (TPSA) is 73.1 Å². The van der Waals surface area contributed by atoms with E-state index in [1.807, 2.05) is 48.9 Å². The molecule has 25 heavy (non-hydrogen) atoms. The van der Waals surface area contributed by atoms with E-state index in [1.54, 1.807) is 6.20 Å². The van der Waals surface area contributed by atoms with Gasteiger partial charge in [0.1, 0.15) is 11.5 Å². The van der Waals surface area contributed by atoms with Crippen molar-refractivity contribution in [1.29, 1.82) is 0 Å². The molecule has 0 bridgehead atoms. The lowest BCUT2D eigenvalue weighted by molar-refractivity contribution is 0.277. The van der Waals surface area contributed by atoms with Crippen LogP contribution in [-0.2, 0) is 13.2 Å². The van der Waals surface area contributed by atoms with Gasteiger partial charge in [-0.15, -0.1) is 0 Å². The summed E-state index contributed by atoms with van der Waals surface area (Å²) in [5.41, 5.74) is 2.90. The van der Waals surface area contributed by atoms with Crippen LogP contribution >= 0.6 is 11.6 Å². The summed E-state index contributed by atoms with van der Waals surface area (Å²) in [4.78, 5) is 13.4. The van der Waals surface area contributed by atoms with Gasteiger partial charge in [0.15, 0.2) is 0 Å². The summed E-state index contributed by atoms with van der Waals surface area (Å²) in [5, 5.41) is 9.85. The predicted octanol–water partition coefficient (Wildman–Crippen LogP) is 3.24. The summed E-state index contributed by atoms with van der Waals surface area (Å²) in [7, 11) is 0. The third-order valence-corrected chi connectivity index (χ3v) is 3.92. The van der Waals surface area contributed by atoms with Gasteiger partial charge in [-0.05, 0) is 26.0 Å². The van der Waals surface area contributed by atoms with Crippen LogP contribution in [0, 0.1) is 6.92 Å². The number of ether oxygens (including phenoxy) is 1. The summed E-state index contributed by atoms with van der Waals surface area (Å²) in [6, 6.07) is 7.45. The molecule has 0 spiro atoms. The van der Waals surface area contributed by atoms with Crippen molar-refractivity contribution in [3.8, 4) is 17.1 Å². The highest BCUT2D eigenvalue weighted by Crippen LogP contribution is 2.28. The normalized spacial score (nSPS) is 10.9. The molecule has 0 atom stereocenters. The fourth-order valence-corrected chi connectivity index (χ4v) is 2.73. The van der Waals surface area contributed by atoms with Gasteiger partial charge in [-0.1, -0.05) is 23.7 Å². The third-order valence-electron chi connectivity index (χ3n) is 3.69. The van der Waals surface area contributed by atoms with Crippen molar-refractivity contribution in [2.24, 2.45) is 0 Å². The lowest BCUT2D eigenvalue weighted by atomic mass is 10.1. The molecular weight excluding hydrogens is 340 g/mol. The zero-order valence-corrected chi connectivity index (χ0v) is 14.9. The van der Waals surface area contributed by atoms with Crippen molar-refractivity contribution in [1.82, 2.24) is 19.5 Å². The van der Waals surface area contributed by atoms with Crippen LogP contribution in [0.1, 0.15) is 24.1 Å². The number of halogens is 1. The molecule has 3 rings (SSSR count). The van der Waals surface area contributed by atoms with E-state index in [0.717, 1.165) is 17.1 Å². The Bertz CT molecular complexity index is 879. The summed E-state index contributed by atoms with van der Waals surface area (Å²) in [6.07, 6.45) is 3.50. The van der Waals surface area contributed by atoms with E-state index in [-0.39, 0.29) is 6.61 Å². The predicted molar refractivity (Wildman–Crippen MR) is 95.6 cm³/mol. The lowest BCUT2D eigenvalue weighted by Gasteiger charge is -2.11. The molecule has 6 nitrogen and oxygen atoms in total. The Hall–Kier alpha value is -2.44. The van der Waals surface area contributed by atoms with Gasteiger partial charge >= 0.3 is 0 Å². The van der Waals surface area contributed by atoms with E-state index >= 15 is 0 Å². The van der Waals surface area contributed by atoms with Crippen LogP contribution in [0.4, 0.5) is 0 Å². The van der Waals surface area contributed by atoms with Crippen molar-refractivity contribution in [3.05, 3.63) is 58.9 Å². The van der Waals surface area contributed by atoms with E-state index in [9.17, 15) is 5.11 Å². The van der Waals surface area contributed by atoms with Crippen LogP contribution in [0.5, 0.6) is 5.88 Å². The number of hydrogen-bond acceptors (Lipinski definition) is 5. The molecule has 3 aromatic rings. The Labute approximate surface area is 151 Å². The Morgan fingerprint density at radius 3 is 2.76 bits per heavy atom. The second-order valence-corrected chi connectivity index (χ2v) is 5.96. The van der Waals surface area contributed by atoms with Gasteiger partial charge in [-0.25, -0.2) is 15.0 Å². The Kier molecular flexibility index (Phi) is 5.31. The quantitative estimate of drug-likeness (QED) is 0.732. The first-order valence-electron chi connectivity index (χ1n) is 7.99. The average molecular weight is 359 g/mol. The summed E-state index contributed by atoms with van der Waals surface area (Å²) in [5.74, 6) is 1.29. The Morgan fingerprint density at radius 2 is 2.08 bits per heavy atom. The molecule has 0 aliphatic rings. The molecular formula is C18H19ClN4O2. The van der Waals surface area contributed by atoms with Gasteiger partial charge in [-0.2, -0.15) is 0 Å². The first-order chi connectivity index (χ1) is 12.1. The van der Waals surface area contributed by atoms with E-state index in [2.05, 4.69) is 9.97 Å². The Morgan fingerprint density at radius 1 is 1.24 bits per heavy atom. The second-order valence-electron chi connectivity index (χ2n) is 5.52. The monoisotopic (exact) mass is 358 g/mol. The molecule has 130 valence electrons. The number of aromatic nitrogens is 4. The number of imidazole rings is 1. The number of aliphatic hydroxyl groups excluding tert-OH is 1. The SMILES string of the molecule is CCOc1ncc(Cn2cc(CO)nc2C)nc1-c1cccc(Cl)c1. The van der Waals surface area contributed by atoms with Crippen LogP contribution in [0.2, 0.25) is 5.02 Å². The highest BCUT2D eigenvalue weighted by Gasteiger charge is 2.13. The molecule has 2 heterocycles. The summed E-state index contributed by atoms with van der Waals surface area (Å²) in [6.45, 7) is 4.71. The van der Waals surface area contributed by atoms with Crippen LogP contribution in [0.3, 0.4) is 0 Å². The van der Waals surface area contributed by atoms with E-state index in [4.69, 9.17) is 21.3 Å². The van der Waals surface area contributed by atoms with E-state index in [1.165, 1.54) is 0 Å². The fraction of sp³-hybridized carbons (Fsp3) is 0.278. The minimum Gasteiger partial charge on any atom is -0.476 e.